The Morgan fingerprint density at radius 3 is 1.40 bits per heavy atom. The summed E-state index contributed by atoms with van der Waals surface area (Å²) < 4.78 is 9.23. The molecule has 0 spiro atoms. The molecule has 0 fully saturated rings. The monoisotopic (exact) mass is 818 g/mol. The molecule has 2 heterocycles. The Hall–Kier alpha value is -7.52. The van der Waals surface area contributed by atoms with Gasteiger partial charge in [-0.2, -0.15) is 0 Å². The van der Waals surface area contributed by atoms with Gasteiger partial charge in [-0.3, -0.25) is 0 Å². The number of hydrogen-bond acceptors (Lipinski definition) is 2. The van der Waals surface area contributed by atoms with E-state index in [1.165, 1.54) is 119 Å². The summed E-state index contributed by atoms with van der Waals surface area (Å²) in [5.74, 6) is 0. The molecule has 11 aromatic carbocycles. The minimum atomic E-state index is -0.132. The van der Waals surface area contributed by atoms with Gasteiger partial charge in [0.15, 0.2) is 0 Å². The van der Waals surface area contributed by atoms with E-state index >= 15 is 0 Å². The molecule has 1 aliphatic carbocycles. The zero-order chi connectivity index (χ0) is 41.6. The van der Waals surface area contributed by atoms with Gasteiger partial charge in [-0.05, 0) is 147 Å². The van der Waals surface area contributed by atoms with Crippen molar-refractivity contribution in [2.75, 3.05) is 0 Å². The molecule has 0 saturated carbocycles. The van der Waals surface area contributed by atoms with Crippen molar-refractivity contribution in [3.8, 4) is 44.5 Å². The Morgan fingerprint density at radius 2 is 0.762 bits per heavy atom. The highest BCUT2D eigenvalue weighted by Gasteiger charge is 2.38. The molecule has 14 rings (SSSR count). The number of hydrogen-bond donors (Lipinski definition) is 0. The van der Waals surface area contributed by atoms with Gasteiger partial charge in [-0.1, -0.05) is 159 Å². The lowest BCUT2D eigenvalue weighted by Gasteiger charge is -2.24. The summed E-state index contributed by atoms with van der Waals surface area (Å²) in [6.07, 6.45) is 0. The second kappa shape index (κ2) is 12.8. The Kier molecular flexibility index (Phi) is 7.12. The second-order valence-electron chi connectivity index (χ2n) is 17.9. The molecule has 294 valence electrons. The van der Waals surface area contributed by atoms with Crippen molar-refractivity contribution in [2.45, 2.75) is 19.3 Å². The fourth-order valence-electron chi connectivity index (χ4n) is 11.4. The summed E-state index contributed by atoms with van der Waals surface area (Å²) in [6, 6.07) is 72.3. The zero-order valence-corrected chi connectivity index (χ0v) is 35.6. The average molecular weight is 819 g/mol. The highest BCUT2D eigenvalue weighted by Crippen LogP contribution is 2.55. The van der Waals surface area contributed by atoms with Gasteiger partial charge in [0.1, 0.15) is 11.2 Å². The summed E-state index contributed by atoms with van der Waals surface area (Å²) in [5, 5.41) is 15.2. The van der Waals surface area contributed by atoms with E-state index in [-0.39, 0.29) is 5.41 Å². The molecule has 0 bridgehead atoms. The number of fused-ring (bicyclic) bond motifs is 16. The summed E-state index contributed by atoms with van der Waals surface area (Å²) in [7, 11) is 0. The third kappa shape index (κ3) is 4.87. The standard InChI is InChI=1S/C61H38OS/c1-61(2)52-27-23-35(32-51(52)59-42-16-5-3-13-39(42)40-14-4-10-21-47(40)60(59)61)36-24-28-53-48(31-36)49-33-37(25-29-54(49)62-53)57-43-17-6-8-19-45(43)58(46-20-9-7-18-44(46)57)38-26-30-56-50(34-38)41-15-11-12-22-55(41)63-56/h3-34H,1-2H3. The van der Waals surface area contributed by atoms with Gasteiger partial charge in [0, 0.05) is 36.4 Å². The van der Waals surface area contributed by atoms with Gasteiger partial charge in [-0.15, -0.1) is 11.3 Å². The van der Waals surface area contributed by atoms with Gasteiger partial charge >= 0.3 is 0 Å². The fraction of sp³-hybridized carbons (Fsp3) is 0.0492. The van der Waals surface area contributed by atoms with Crippen LogP contribution in [0.5, 0.6) is 0 Å². The van der Waals surface area contributed by atoms with Gasteiger partial charge < -0.3 is 4.42 Å². The van der Waals surface area contributed by atoms with Crippen molar-refractivity contribution < 1.29 is 4.42 Å². The first kappa shape index (κ1) is 35.1. The van der Waals surface area contributed by atoms with Gasteiger partial charge in [-0.25, -0.2) is 0 Å². The Bertz CT molecular complexity index is 4060. The molecule has 0 saturated heterocycles. The summed E-state index contributed by atoms with van der Waals surface area (Å²) in [5.41, 5.74) is 14.5. The predicted molar refractivity (Wildman–Crippen MR) is 271 cm³/mol. The number of furan rings is 1. The van der Waals surface area contributed by atoms with Crippen LogP contribution in [0.2, 0.25) is 0 Å². The maximum Gasteiger partial charge on any atom is 0.135 e. The quantitative estimate of drug-likeness (QED) is 0.128. The molecule has 1 nitrogen and oxygen atoms in total. The molecule has 0 unspecified atom stereocenters. The van der Waals surface area contributed by atoms with Crippen molar-refractivity contribution >= 4 is 96.5 Å². The summed E-state index contributed by atoms with van der Waals surface area (Å²) >= 11 is 1.87. The lowest BCUT2D eigenvalue weighted by atomic mass is 9.79. The first-order chi connectivity index (χ1) is 31.0. The number of thiophene rings is 1. The van der Waals surface area contributed by atoms with Gasteiger partial charge in [0.2, 0.25) is 0 Å². The SMILES string of the molecule is CC1(C)c2ccc(-c3ccc4oc5ccc(-c6c7ccccc7c(-c7ccc8sc9ccccc9c8c7)c7ccccc67)cc5c4c3)cc2-c2c1c1ccccc1c1ccccc21. The van der Waals surface area contributed by atoms with E-state index in [0.717, 1.165) is 21.9 Å². The first-order valence-corrected chi connectivity index (χ1v) is 22.7. The van der Waals surface area contributed by atoms with Crippen LogP contribution >= 0.6 is 11.3 Å². The molecular weight excluding hydrogens is 781 g/mol. The topological polar surface area (TPSA) is 13.1 Å². The van der Waals surface area contributed by atoms with Crippen molar-refractivity contribution in [1.82, 2.24) is 0 Å². The third-order valence-corrected chi connectivity index (χ3v) is 15.4. The van der Waals surface area contributed by atoms with Crippen LogP contribution in [0, 0.1) is 0 Å². The van der Waals surface area contributed by atoms with Crippen molar-refractivity contribution in [2.24, 2.45) is 0 Å². The normalized spacial score (nSPS) is 13.4. The molecule has 63 heavy (non-hydrogen) atoms. The van der Waals surface area contributed by atoms with E-state index < -0.39 is 0 Å². The smallest absolute Gasteiger partial charge is 0.135 e. The third-order valence-electron chi connectivity index (χ3n) is 14.2. The molecule has 0 N–H and O–H groups in total. The maximum atomic E-state index is 6.58. The van der Waals surface area contributed by atoms with E-state index in [4.69, 9.17) is 4.42 Å². The van der Waals surface area contributed by atoms with Crippen LogP contribution in [0.15, 0.2) is 199 Å². The van der Waals surface area contributed by atoms with Crippen molar-refractivity contribution in [1.29, 1.82) is 0 Å². The fourth-order valence-corrected chi connectivity index (χ4v) is 12.5. The van der Waals surface area contributed by atoms with Crippen molar-refractivity contribution in [3.63, 3.8) is 0 Å². The summed E-state index contributed by atoms with van der Waals surface area (Å²) in [6.45, 7) is 4.79. The van der Waals surface area contributed by atoms with E-state index in [1.807, 2.05) is 11.3 Å². The van der Waals surface area contributed by atoms with Crippen LogP contribution in [0.25, 0.3) is 130 Å². The van der Waals surface area contributed by atoms with E-state index in [2.05, 4.69) is 208 Å². The average Bonchev–Trinajstić information content (AvgIpc) is 3.97. The van der Waals surface area contributed by atoms with Crippen molar-refractivity contribution in [3.05, 3.63) is 205 Å². The lowest BCUT2D eigenvalue weighted by Crippen LogP contribution is -2.15. The van der Waals surface area contributed by atoms with Gasteiger partial charge in [0.05, 0.1) is 0 Å². The second-order valence-corrected chi connectivity index (χ2v) is 19.0. The molecule has 2 heteroatoms. The van der Waals surface area contributed by atoms with Crippen LogP contribution in [-0.2, 0) is 5.41 Å². The Balaban J connectivity index is 0.945. The first-order valence-electron chi connectivity index (χ1n) is 21.9. The Labute approximate surface area is 368 Å². The largest absolute Gasteiger partial charge is 0.456 e. The molecule has 2 aromatic heterocycles. The minimum Gasteiger partial charge on any atom is -0.456 e. The van der Waals surface area contributed by atoms with E-state index in [1.54, 1.807) is 0 Å². The van der Waals surface area contributed by atoms with E-state index in [0.29, 0.717) is 0 Å². The number of benzene rings is 11. The number of rotatable bonds is 3. The van der Waals surface area contributed by atoms with Crippen LogP contribution in [-0.4, -0.2) is 0 Å². The molecule has 0 atom stereocenters. The molecule has 0 amide bonds. The Morgan fingerprint density at radius 1 is 0.333 bits per heavy atom. The maximum absolute atomic E-state index is 6.58. The molecular formula is C61H38OS. The highest BCUT2D eigenvalue weighted by molar-refractivity contribution is 7.25. The molecule has 0 aliphatic heterocycles. The van der Waals surface area contributed by atoms with Crippen LogP contribution < -0.4 is 0 Å². The molecule has 0 radical (unpaired) electrons. The van der Waals surface area contributed by atoms with Crippen LogP contribution in [0.1, 0.15) is 25.0 Å². The van der Waals surface area contributed by atoms with Gasteiger partial charge in [0.25, 0.3) is 0 Å². The lowest BCUT2D eigenvalue weighted by molar-refractivity contribution is 0.666. The molecule has 13 aromatic rings. The summed E-state index contributed by atoms with van der Waals surface area (Å²) in [4.78, 5) is 0. The zero-order valence-electron chi connectivity index (χ0n) is 34.8. The van der Waals surface area contributed by atoms with E-state index in [9.17, 15) is 0 Å². The van der Waals surface area contributed by atoms with Crippen LogP contribution in [0.3, 0.4) is 0 Å². The highest BCUT2D eigenvalue weighted by atomic mass is 32.1. The molecule has 1 aliphatic rings. The van der Waals surface area contributed by atoms with Crippen LogP contribution in [0.4, 0.5) is 0 Å². The predicted octanol–water partition coefficient (Wildman–Crippen LogP) is 17.9. The minimum absolute atomic E-state index is 0.132.